The fraction of sp³-hybridized carbons (Fsp3) is 0.533. The summed E-state index contributed by atoms with van der Waals surface area (Å²) in [6.45, 7) is 0.724. The van der Waals surface area contributed by atoms with E-state index in [1.54, 1.807) is 12.1 Å². The van der Waals surface area contributed by atoms with Crippen LogP contribution in [0.25, 0.3) is 0 Å². The van der Waals surface area contributed by atoms with Gasteiger partial charge < -0.3 is 10.4 Å². The zero-order valence-corrected chi connectivity index (χ0v) is 11.5. The lowest BCUT2D eigenvalue weighted by molar-refractivity contribution is 0.0939. The number of aromatic hydroxyl groups is 1. The molecular formula is C15H18ClNO2. The first-order valence-corrected chi connectivity index (χ1v) is 7.28. The van der Waals surface area contributed by atoms with Gasteiger partial charge in [0.05, 0.1) is 5.56 Å². The molecule has 2 saturated carbocycles. The number of halogens is 1. The first-order valence-electron chi connectivity index (χ1n) is 6.90. The number of phenols is 1. The molecule has 4 heteroatoms. The smallest absolute Gasteiger partial charge is 0.255 e. The molecule has 2 aliphatic carbocycles. The Labute approximate surface area is 118 Å². The predicted molar refractivity (Wildman–Crippen MR) is 74.4 cm³/mol. The van der Waals surface area contributed by atoms with E-state index >= 15 is 0 Å². The second-order valence-corrected chi connectivity index (χ2v) is 6.24. The van der Waals surface area contributed by atoms with Crippen LogP contribution in [0, 0.1) is 17.8 Å². The summed E-state index contributed by atoms with van der Waals surface area (Å²) < 4.78 is 0. The molecule has 19 heavy (non-hydrogen) atoms. The van der Waals surface area contributed by atoms with Gasteiger partial charge in [-0.25, -0.2) is 0 Å². The van der Waals surface area contributed by atoms with Crippen molar-refractivity contribution >= 4 is 17.5 Å². The highest BCUT2D eigenvalue weighted by Gasteiger charge is 2.39. The van der Waals surface area contributed by atoms with Crippen molar-refractivity contribution in [2.45, 2.75) is 25.7 Å². The van der Waals surface area contributed by atoms with E-state index in [0.717, 1.165) is 18.4 Å². The van der Waals surface area contributed by atoms with Crippen molar-refractivity contribution in [3.63, 3.8) is 0 Å². The molecule has 2 bridgehead atoms. The molecule has 3 unspecified atom stereocenters. The van der Waals surface area contributed by atoms with Gasteiger partial charge in [0, 0.05) is 11.6 Å². The van der Waals surface area contributed by atoms with Crippen LogP contribution in [-0.4, -0.2) is 17.6 Å². The van der Waals surface area contributed by atoms with Gasteiger partial charge in [0.25, 0.3) is 5.91 Å². The maximum Gasteiger partial charge on any atom is 0.255 e. The maximum atomic E-state index is 12.0. The number of benzene rings is 1. The molecule has 0 saturated heterocycles. The highest BCUT2D eigenvalue weighted by Crippen LogP contribution is 2.47. The quantitative estimate of drug-likeness (QED) is 0.893. The molecule has 2 fully saturated rings. The lowest BCUT2D eigenvalue weighted by Crippen LogP contribution is -2.31. The molecule has 1 aromatic rings. The summed E-state index contributed by atoms with van der Waals surface area (Å²) in [5.74, 6) is 2.03. The number of carbonyl (C=O) groups excluding carboxylic acids is 1. The van der Waals surface area contributed by atoms with Crippen LogP contribution >= 0.6 is 11.6 Å². The summed E-state index contributed by atoms with van der Waals surface area (Å²) in [6, 6.07) is 4.58. The number of hydrogen-bond donors (Lipinski definition) is 2. The Bertz CT molecular complexity index is 503. The van der Waals surface area contributed by atoms with Gasteiger partial charge in [-0.05, 0) is 55.2 Å². The molecule has 1 amide bonds. The number of rotatable bonds is 3. The number of carbonyl (C=O) groups is 1. The van der Waals surface area contributed by atoms with Crippen LogP contribution in [0.5, 0.6) is 5.75 Å². The number of amides is 1. The molecule has 2 N–H and O–H groups in total. The Morgan fingerprint density at radius 1 is 1.37 bits per heavy atom. The Hall–Kier alpha value is -1.22. The Kier molecular flexibility index (Phi) is 3.40. The zero-order valence-electron chi connectivity index (χ0n) is 10.7. The van der Waals surface area contributed by atoms with Crippen molar-refractivity contribution in [1.82, 2.24) is 5.32 Å². The molecule has 1 aromatic carbocycles. The minimum Gasteiger partial charge on any atom is -0.507 e. The predicted octanol–water partition coefficient (Wildman–Crippen LogP) is 3.21. The summed E-state index contributed by atoms with van der Waals surface area (Å²) in [5, 5.41) is 13.1. The van der Waals surface area contributed by atoms with Gasteiger partial charge in [0.15, 0.2) is 0 Å². The van der Waals surface area contributed by atoms with Gasteiger partial charge >= 0.3 is 0 Å². The Morgan fingerprint density at radius 3 is 2.84 bits per heavy atom. The van der Waals surface area contributed by atoms with Crippen molar-refractivity contribution in [3.05, 3.63) is 28.8 Å². The van der Waals surface area contributed by atoms with Gasteiger partial charge in [-0.3, -0.25) is 4.79 Å². The molecule has 3 nitrogen and oxygen atoms in total. The van der Waals surface area contributed by atoms with E-state index in [9.17, 15) is 9.90 Å². The fourth-order valence-electron chi connectivity index (χ4n) is 3.64. The molecule has 0 aliphatic heterocycles. The van der Waals surface area contributed by atoms with Crippen molar-refractivity contribution < 1.29 is 9.90 Å². The SMILES string of the molecule is O=C(NCC1CC2CCC1C2)c1ccc(Cl)cc1O. The molecule has 102 valence electrons. The number of nitrogens with one attached hydrogen (secondary N) is 1. The summed E-state index contributed by atoms with van der Waals surface area (Å²) in [5.41, 5.74) is 0.299. The summed E-state index contributed by atoms with van der Waals surface area (Å²) in [6.07, 6.45) is 5.27. The minimum absolute atomic E-state index is 0.0575. The average Bonchev–Trinajstić information content (AvgIpc) is 2.98. The highest BCUT2D eigenvalue weighted by molar-refractivity contribution is 6.30. The molecule has 2 aliphatic rings. The number of phenolic OH excluding ortho intramolecular Hbond substituents is 1. The van der Waals surface area contributed by atoms with Crippen LogP contribution in [0.1, 0.15) is 36.0 Å². The van der Waals surface area contributed by atoms with E-state index in [1.807, 2.05) is 0 Å². The lowest BCUT2D eigenvalue weighted by atomic mass is 9.89. The van der Waals surface area contributed by atoms with Crippen LogP contribution in [0.3, 0.4) is 0 Å². The number of fused-ring (bicyclic) bond motifs is 2. The van der Waals surface area contributed by atoms with Gasteiger partial charge in [0.2, 0.25) is 0 Å². The summed E-state index contributed by atoms with van der Waals surface area (Å²) in [4.78, 5) is 12.0. The second kappa shape index (κ2) is 5.04. The van der Waals surface area contributed by atoms with Crippen LogP contribution in [0.2, 0.25) is 5.02 Å². The molecule has 3 atom stereocenters. The fourth-order valence-corrected chi connectivity index (χ4v) is 3.81. The zero-order chi connectivity index (χ0) is 13.4. The van der Waals surface area contributed by atoms with E-state index in [0.29, 0.717) is 16.5 Å². The van der Waals surface area contributed by atoms with Crippen LogP contribution in [-0.2, 0) is 0 Å². The van der Waals surface area contributed by atoms with E-state index in [1.165, 1.54) is 31.7 Å². The van der Waals surface area contributed by atoms with Gasteiger partial charge in [0.1, 0.15) is 5.75 Å². The molecule has 3 rings (SSSR count). The maximum absolute atomic E-state index is 12.0. The third-order valence-electron chi connectivity index (χ3n) is 4.61. The van der Waals surface area contributed by atoms with Crippen molar-refractivity contribution in [1.29, 1.82) is 0 Å². The van der Waals surface area contributed by atoms with Crippen molar-refractivity contribution in [2.24, 2.45) is 17.8 Å². The van der Waals surface area contributed by atoms with Gasteiger partial charge in [-0.1, -0.05) is 18.0 Å². The lowest BCUT2D eigenvalue weighted by Gasteiger charge is -2.21. The number of hydrogen-bond acceptors (Lipinski definition) is 2. The largest absolute Gasteiger partial charge is 0.507 e. The van der Waals surface area contributed by atoms with Gasteiger partial charge in [-0.2, -0.15) is 0 Å². The first-order chi connectivity index (χ1) is 9.13. The van der Waals surface area contributed by atoms with E-state index in [4.69, 9.17) is 11.6 Å². The molecular weight excluding hydrogens is 262 g/mol. The van der Waals surface area contributed by atoms with Gasteiger partial charge in [-0.15, -0.1) is 0 Å². The molecule has 0 aromatic heterocycles. The first kappa shape index (κ1) is 12.8. The third-order valence-corrected chi connectivity index (χ3v) is 4.85. The highest BCUT2D eigenvalue weighted by atomic mass is 35.5. The van der Waals surface area contributed by atoms with Crippen LogP contribution in [0.4, 0.5) is 0 Å². The summed E-state index contributed by atoms with van der Waals surface area (Å²) in [7, 11) is 0. The van der Waals surface area contributed by atoms with Crippen molar-refractivity contribution in [2.75, 3.05) is 6.54 Å². The second-order valence-electron chi connectivity index (χ2n) is 5.81. The van der Waals surface area contributed by atoms with Crippen LogP contribution in [0.15, 0.2) is 18.2 Å². The topological polar surface area (TPSA) is 49.3 Å². The standard InChI is InChI=1S/C15H18ClNO2/c16-12-3-4-13(14(18)7-12)15(19)17-8-11-6-9-1-2-10(11)5-9/h3-4,7,9-11,18H,1-2,5-6,8H2,(H,17,19). The van der Waals surface area contributed by atoms with E-state index in [-0.39, 0.29) is 11.7 Å². The minimum atomic E-state index is -0.211. The third kappa shape index (κ3) is 2.57. The molecule has 0 heterocycles. The summed E-state index contributed by atoms with van der Waals surface area (Å²) >= 11 is 5.75. The molecule has 0 radical (unpaired) electrons. The van der Waals surface area contributed by atoms with E-state index < -0.39 is 0 Å². The Balaban J connectivity index is 1.59. The monoisotopic (exact) mass is 279 g/mol. The Morgan fingerprint density at radius 2 is 2.21 bits per heavy atom. The molecule has 0 spiro atoms. The van der Waals surface area contributed by atoms with E-state index in [2.05, 4.69) is 5.32 Å². The average molecular weight is 280 g/mol. The van der Waals surface area contributed by atoms with Crippen molar-refractivity contribution in [3.8, 4) is 5.75 Å². The van der Waals surface area contributed by atoms with Crippen LogP contribution < -0.4 is 5.32 Å². The normalized spacial score (nSPS) is 28.6.